The molecule has 0 atom stereocenters. The van der Waals surface area contributed by atoms with E-state index in [1.165, 1.54) is 18.9 Å². The van der Waals surface area contributed by atoms with E-state index in [0.717, 1.165) is 31.7 Å². The number of nitrogens with one attached hydrogen (secondary N) is 1. The third-order valence-electron chi connectivity index (χ3n) is 5.25. The summed E-state index contributed by atoms with van der Waals surface area (Å²) in [5.74, 6) is -0.235. The zero-order chi connectivity index (χ0) is 20.8. The molecule has 2 amide bonds. The monoisotopic (exact) mass is 400 g/mol. The van der Waals surface area contributed by atoms with Crippen LogP contribution >= 0.6 is 0 Å². The molecule has 0 bridgehead atoms. The van der Waals surface area contributed by atoms with Crippen LogP contribution in [-0.2, 0) is 13.1 Å². The van der Waals surface area contributed by atoms with E-state index >= 15 is 0 Å². The van der Waals surface area contributed by atoms with Crippen molar-refractivity contribution in [2.24, 2.45) is 0 Å². The first-order valence-electron chi connectivity index (χ1n) is 9.80. The number of carbonyl (C=O) groups excluding carboxylic acids is 1. The number of rotatable bonds is 6. The van der Waals surface area contributed by atoms with Crippen molar-refractivity contribution >= 4 is 11.7 Å². The van der Waals surface area contributed by atoms with Crippen LogP contribution in [0.1, 0.15) is 11.1 Å². The number of hydrogen-bond donors (Lipinski definition) is 1. The Kier molecular flexibility index (Phi) is 6.93. The fraction of sp³-hybridized carbons (Fsp3) is 0.409. The molecule has 29 heavy (non-hydrogen) atoms. The van der Waals surface area contributed by atoms with E-state index < -0.39 is 5.82 Å². The minimum atomic E-state index is -0.431. The molecule has 1 N–H and O–H groups in total. The van der Waals surface area contributed by atoms with Crippen LogP contribution in [0.15, 0.2) is 42.5 Å². The standard InChI is InChI=1S/C22H29FN4O2/c1-25-10-12-27(13-11-25)20-7-5-4-6-18(20)15-24-22(28)26(2)16-17-8-9-21(29-3)19(23)14-17/h4-9,14H,10-13,15-16H2,1-3H3,(H,24,28). The Balaban J connectivity index is 1.58. The molecular formula is C22H29FN4O2. The predicted molar refractivity (Wildman–Crippen MR) is 113 cm³/mol. The number of benzene rings is 2. The average Bonchev–Trinajstić information content (AvgIpc) is 2.73. The summed E-state index contributed by atoms with van der Waals surface area (Å²) in [6.45, 7) is 4.77. The Morgan fingerprint density at radius 1 is 1.17 bits per heavy atom. The fourth-order valence-electron chi connectivity index (χ4n) is 3.48. The van der Waals surface area contributed by atoms with Gasteiger partial charge in [-0.1, -0.05) is 24.3 Å². The minimum absolute atomic E-state index is 0.196. The van der Waals surface area contributed by atoms with Crippen molar-refractivity contribution < 1.29 is 13.9 Å². The van der Waals surface area contributed by atoms with E-state index in [1.54, 1.807) is 24.1 Å². The molecule has 0 saturated carbocycles. The maximum atomic E-state index is 13.9. The van der Waals surface area contributed by atoms with Crippen molar-refractivity contribution in [3.63, 3.8) is 0 Å². The van der Waals surface area contributed by atoms with Gasteiger partial charge in [-0.2, -0.15) is 0 Å². The molecule has 1 aliphatic heterocycles. The van der Waals surface area contributed by atoms with Crippen LogP contribution in [0.25, 0.3) is 0 Å². The summed E-state index contributed by atoms with van der Waals surface area (Å²) in [6.07, 6.45) is 0. The Hall–Kier alpha value is -2.80. The molecule has 2 aromatic rings. The van der Waals surface area contributed by atoms with Crippen molar-refractivity contribution in [2.75, 3.05) is 52.3 Å². The Morgan fingerprint density at radius 3 is 2.59 bits per heavy atom. The van der Waals surface area contributed by atoms with Gasteiger partial charge in [-0.25, -0.2) is 9.18 Å². The topological polar surface area (TPSA) is 48.1 Å². The lowest BCUT2D eigenvalue weighted by atomic mass is 10.1. The SMILES string of the molecule is COc1ccc(CN(C)C(=O)NCc2ccccc2N2CCN(C)CC2)cc1F. The zero-order valence-electron chi connectivity index (χ0n) is 17.3. The maximum absolute atomic E-state index is 13.9. The first kappa shape index (κ1) is 20.9. The molecule has 2 aromatic carbocycles. The lowest BCUT2D eigenvalue weighted by Crippen LogP contribution is -2.45. The van der Waals surface area contributed by atoms with Gasteiger partial charge < -0.3 is 24.8 Å². The second-order valence-electron chi connectivity index (χ2n) is 7.40. The lowest BCUT2D eigenvalue weighted by Gasteiger charge is -2.35. The first-order valence-corrected chi connectivity index (χ1v) is 9.80. The molecule has 3 rings (SSSR count). The maximum Gasteiger partial charge on any atom is 0.317 e. The minimum Gasteiger partial charge on any atom is -0.494 e. The van der Waals surface area contributed by atoms with Crippen LogP contribution in [0, 0.1) is 5.82 Å². The number of piperazine rings is 1. The number of urea groups is 1. The molecule has 156 valence electrons. The number of anilines is 1. The highest BCUT2D eigenvalue weighted by molar-refractivity contribution is 5.74. The van der Waals surface area contributed by atoms with Gasteiger partial charge >= 0.3 is 6.03 Å². The van der Waals surface area contributed by atoms with Gasteiger partial charge in [0.15, 0.2) is 11.6 Å². The number of para-hydroxylation sites is 1. The molecule has 1 fully saturated rings. The van der Waals surface area contributed by atoms with Crippen molar-refractivity contribution in [1.29, 1.82) is 0 Å². The van der Waals surface area contributed by atoms with E-state index in [9.17, 15) is 9.18 Å². The third-order valence-corrected chi connectivity index (χ3v) is 5.25. The molecular weight excluding hydrogens is 371 g/mol. The Bertz CT molecular complexity index is 837. The second-order valence-corrected chi connectivity index (χ2v) is 7.40. The summed E-state index contributed by atoms with van der Waals surface area (Å²) in [4.78, 5) is 18.8. The number of ether oxygens (including phenoxy) is 1. The first-order chi connectivity index (χ1) is 14.0. The van der Waals surface area contributed by atoms with Crippen LogP contribution in [0.4, 0.5) is 14.9 Å². The Labute approximate surface area is 171 Å². The highest BCUT2D eigenvalue weighted by Crippen LogP contribution is 2.22. The third kappa shape index (κ3) is 5.38. The number of likely N-dealkylation sites (N-methyl/N-ethyl adjacent to an activating group) is 1. The highest BCUT2D eigenvalue weighted by atomic mass is 19.1. The molecule has 0 unspecified atom stereocenters. The van der Waals surface area contributed by atoms with Crippen LogP contribution in [0.5, 0.6) is 5.75 Å². The van der Waals surface area contributed by atoms with Gasteiger partial charge in [-0.3, -0.25) is 0 Å². The Morgan fingerprint density at radius 2 is 1.90 bits per heavy atom. The van der Waals surface area contributed by atoms with Gasteiger partial charge in [0.1, 0.15) is 0 Å². The lowest BCUT2D eigenvalue weighted by molar-refractivity contribution is 0.206. The summed E-state index contributed by atoms with van der Waals surface area (Å²) in [7, 11) is 5.26. The fourth-order valence-corrected chi connectivity index (χ4v) is 3.48. The molecule has 1 saturated heterocycles. The molecule has 0 radical (unpaired) electrons. The normalized spacial score (nSPS) is 14.6. The zero-order valence-corrected chi connectivity index (χ0v) is 17.3. The van der Waals surface area contributed by atoms with E-state index in [-0.39, 0.29) is 11.8 Å². The van der Waals surface area contributed by atoms with Crippen LogP contribution in [0.2, 0.25) is 0 Å². The van der Waals surface area contributed by atoms with E-state index in [4.69, 9.17) is 4.74 Å². The average molecular weight is 400 g/mol. The largest absolute Gasteiger partial charge is 0.494 e. The summed E-state index contributed by atoms with van der Waals surface area (Å²) < 4.78 is 18.8. The molecule has 0 aliphatic carbocycles. The van der Waals surface area contributed by atoms with E-state index in [0.29, 0.717) is 18.7 Å². The molecule has 1 aliphatic rings. The van der Waals surface area contributed by atoms with Crippen LogP contribution in [0.3, 0.4) is 0 Å². The molecule has 0 aromatic heterocycles. The van der Waals surface area contributed by atoms with Gasteiger partial charge in [-0.15, -0.1) is 0 Å². The van der Waals surface area contributed by atoms with Gasteiger partial charge in [0.2, 0.25) is 0 Å². The summed E-state index contributed by atoms with van der Waals surface area (Å²) >= 11 is 0. The van der Waals surface area contributed by atoms with Gasteiger partial charge in [0.05, 0.1) is 7.11 Å². The predicted octanol–water partition coefficient (Wildman–Crippen LogP) is 2.93. The van der Waals surface area contributed by atoms with Crippen molar-refractivity contribution in [3.05, 3.63) is 59.4 Å². The van der Waals surface area contributed by atoms with Crippen molar-refractivity contribution in [1.82, 2.24) is 15.1 Å². The van der Waals surface area contributed by atoms with Gasteiger partial charge in [-0.05, 0) is 36.4 Å². The molecule has 1 heterocycles. The number of amides is 2. The van der Waals surface area contributed by atoms with Gasteiger partial charge in [0.25, 0.3) is 0 Å². The summed E-state index contributed by atoms with van der Waals surface area (Å²) in [5, 5.41) is 2.98. The number of hydrogen-bond acceptors (Lipinski definition) is 4. The van der Waals surface area contributed by atoms with Gasteiger partial charge in [0, 0.05) is 52.0 Å². The van der Waals surface area contributed by atoms with Crippen molar-refractivity contribution in [3.8, 4) is 5.75 Å². The smallest absolute Gasteiger partial charge is 0.317 e. The summed E-state index contributed by atoms with van der Waals surface area (Å²) in [6, 6.07) is 12.7. The number of nitrogens with zero attached hydrogens (tertiary/aromatic N) is 3. The number of halogens is 1. The second kappa shape index (κ2) is 9.60. The summed E-state index contributed by atoms with van der Waals surface area (Å²) in [5.41, 5.74) is 2.97. The quantitative estimate of drug-likeness (QED) is 0.810. The number of methoxy groups -OCH3 is 1. The highest BCUT2D eigenvalue weighted by Gasteiger charge is 2.17. The molecule has 7 heteroatoms. The molecule has 0 spiro atoms. The molecule has 6 nitrogen and oxygen atoms in total. The number of carbonyl (C=O) groups is 1. The van der Waals surface area contributed by atoms with Crippen molar-refractivity contribution in [2.45, 2.75) is 13.1 Å². The van der Waals surface area contributed by atoms with Crippen LogP contribution < -0.4 is 15.0 Å². The van der Waals surface area contributed by atoms with Crippen LogP contribution in [-0.4, -0.2) is 63.2 Å². The van der Waals surface area contributed by atoms with E-state index in [2.05, 4.69) is 28.2 Å². The van der Waals surface area contributed by atoms with E-state index in [1.807, 2.05) is 18.2 Å².